The minimum absolute atomic E-state index is 0.0738. The topological polar surface area (TPSA) is 282 Å². The summed E-state index contributed by atoms with van der Waals surface area (Å²) in [6.07, 6.45) is 2.62. The number of aromatic nitrogens is 1. The Morgan fingerprint density at radius 2 is 1.17 bits per heavy atom. The maximum Gasteiger partial charge on any atom is 0.371 e. The van der Waals surface area contributed by atoms with E-state index in [1.54, 1.807) is 39.5 Å². The van der Waals surface area contributed by atoms with Gasteiger partial charge in [0.2, 0.25) is 25.8 Å². The number of furan rings is 2. The molecule has 3 aromatic heterocycles. The predicted octanol–water partition coefficient (Wildman–Crippen LogP) is 6.23. The van der Waals surface area contributed by atoms with Crippen LogP contribution in [0.25, 0.3) is 22.4 Å². The van der Waals surface area contributed by atoms with Crippen LogP contribution in [0.1, 0.15) is 61.4 Å². The van der Waals surface area contributed by atoms with Crippen LogP contribution >= 0.6 is 0 Å². The van der Waals surface area contributed by atoms with Gasteiger partial charge >= 0.3 is 5.97 Å². The minimum Gasteiger partial charge on any atom is -0.497 e. The summed E-state index contributed by atoms with van der Waals surface area (Å²) in [5.74, 6) is -0.0777. The summed E-state index contributed by atoms with van der Waals surface area (Å²) in [5.41, 5.74) is 5.15. The van der Waals surface area contributed by atoms with Crippen LogP contribution in [0, 0.1) is 13.8 Å². The molecule has 0 bridgehead atoms. The quantitative estimate of drug-likeness (QED) is 0.0659. The molecule has 0 saturated carbocycles. The number of methoxy groups -OCH3 is 2. The molecule has 5 heterocycles. The lowest BCUT2D eigenvalue weighted by molar-refractivity contribution is 0.0380. The van der Waals surface area contributed by atoms with Crippen LogP contribution in [-0.2, 0) is 36.1 Å². The number of benzene rings is 3. The Labute approximate surface area is 442 Å². The van der Waals surface area contributed by atoms with Crippen LogP contribution in [0.4, 0.5) is 5.69 Å². The van der Waals surface area contributed by atoms with Crippen LogP contribution in [-0.4, -0.2) is 146 Å². The van der Waals surface area contributed by atoms with Gasteiger partial charge in [-0.3, -0.25) is 24.4 Å². The Bertz CT molecular complexity index is 3040. The van der Waals surface area contributed by atoms with Gasteiger partial charge in [-0.15, -0.1) is 0 Å². The predicted molar refractivity (Wildman–Crippen MR) is 284 cm³/mol. The highest BCUT2D eigenvalue weighted by atomic mass is 32.2. The summed E-state index contributed by atoms with van der Waals surface area (Å²) in [7, 11) is -3.90. The Hall–Kier alpha value is -7.12. The number of rotatable bonds is 20. The van der Waals surface area contributed by atoms with Crippen molar-refractivity contribution in [3.05, 3.63) is 137 Å². The number of hydrogen-bond acceptors (Lipinski definition) is 17. The molecule has 2 aliphatic heterocycles. The SMILES string of the molecule is COc1ccc(-c2ccc(NC(=O)c3cc(C(=O)NS(=O)(=O)CCCN4CCOCC4)oc3C)cc2)cc1.COc1ccc(-c2ccc(OCc3cc(C(=O)O)oc3C)cn2)cc1.NS(=O)(=O)CCCN1CCOCC1. The number of carboxylic acids is 1. The van der Waals surface area contributed by atoms with E-state index in [1.807, 2.05) is 77.5 Å². The number of carbonyl (C=O) groups is 3. The van der Waals surface area contributed by atoms with Gasteiger partial charge in [0.05, 0.1) is 69.6 Å². The molecule has 8 rings (SSSR count). The summed E-state index contributed by atoms with van der Waals surface area (Å²) < 4.78 is 85.0. The molecule has 21 nitrogen and oxygen atoms in total. The Balaban J connectivity index is 0.000000210. The zero-order valence-corrected chi connectivity index (χ0v) is 44.5. The average molecular weight is 1090 g/mol. The van der Waals surface area contributed by atoms with Crippen molar-refractivity contribution in [3.8, 4) is 39.6 Å². The number of carboxylic acid groups (broad SMARTS) is 1. The van der Waals surface area contributed by atoms with E-state index in [0.717, 1.165) is 79.8 Å². The number of anilines is 1. The minimum atomic E-state index is -3.86. The summed E-state index contributed by atoms with van der Waals surface area (Å²) in [4.78, 5) is 45.0. The Kier molecular flexibility index (Phi) is 21.5. The van der Waals surface area contributed by atoms with E-state index in [4.69, 9.17) is 42.8 Å². The molecule has 3 aromatic carbocycles. The van der Waals surface area contributed by atoms with Crippen LogP contribution in [0.2, 0.25) is 0 Å². The maximum atomic E-state index is 12.8. The number of sulfonamides is 2. The third-order valence-electron chi connectivity index (χ3n) is 11.9. The number of nitrogens with one attached hydrogen (secondary N) is 2. The second-order valence-corrected chi connectivity index (χ2v) is 21.0. The van der Waals surface area contributed by atoms with E-state index in [9.17, 15) is 31.2 Å². The highest BCUT2D eigenvalue weighted by Gasteiger charge is 2.24. The van der Waals surface area contributed by atoms with E-state index in [1.165, 1.54) is 19.1 Å². The third-order valence-corrected chi connectivity index (χ3v) is 14.1. The zero-order valence-electron chi connectivity index (χ0n) is 42.8. The smallest absolute Gasteiger partial charge is 0.371 e. The zero-order chi connectivity index (χ0) is 54.7. The lowest BCUT2D eigenvalue weighted by Crippen LogP contribution is -2.38. The fraction of sp³-hybridized carbons (Fsp3) is 0.358. The fourth-order valence-electron chi connectivity index (χ4n) is 7.73. The maximum absolute atomic E-state index is 12.8. The molecule has 2 saturated heterocycles. The van der Waals surface area contributed by atoms with Crippen molar-refractivity contribution in [2.45, 2.75) is 33.3 Å². The summed E-state index contributed by atoms with van der Waals surface area (Å²) in [5, 5.41) is 16.6. The fourth-order valence-corrected chi connectivity index (χ4v) is 9.26. The number of nitrogens with two attached hydrogens (primary N) is 1. The number of carbonyl (C=O) groups excluding carboxylic acids is 2. The Morgan fingerprint density at radius 1 is 0.658 bits per heavy atom. The van der Waals surface area contributed by atoms with E-state index >= 15 is 0 Å². The number of primary sulfonamides is 1. The average Bonchev–Trinajstić information content (AvgIpc) is 4.01. The molecule has 6 aromatic rings. The molecule has 2 amide bonds. The van der Waals surface area contributed by atoms with Crippen LogP contribution in [0.3, 0.4) is 0 Å². The molecule has 0 unspecified atom stereocenters. The van der Waals surface area contributed by atoms with Gasteiger partial charge in [-0.2, -0.15) is 0 Å². The number of aryl methyl sites for hydroxylation is 2. The molecular weight excluding hydrogens is 1020 g/mol. The lowest BCUT2D eigenvalue weighted by atomic mass is 10.1. The van der Waals surface area contributed by atoms with E-state index in [-0.39, 0.29) is 41.0 Å². The van der Waals surface area contributed by atoms with E-state index in [0.29, 0.717) is 55.4 Å². The standard InChI is InChI=1S/C27H31N3O7S.C19H17NO5.C7H16N2O3S/c1-19-24(26(31)28-22-8-4-20(5-9-22)21-6-10-23(35-2)11-7-21)18-25(37-19)27(32)29-38(33,34)17-3-12-30-13-15-36-16-14-30;1-12-14(9-18(25-12)19(21)22)11-24-16-7-8-17(20-10-16)13-3-5-15(23-2)6-4-13;8-13(10,11)7-1-2-9-3-5-12-6-4-9/h4-11,18H,3,12-17H2,1-2H3,(H,28,31)(H,29,32);3-10H,11H2,1-2H3,(H,21,22);1-7H2,(H2,8,10,11). The van der Waals surface area contributed by atoms with Crippen molar-refractivity contribution in [3.63, 3.8) is 0 Å². The summed E-state index contributed by atoms with van der Waals surface area (Å²) in [6.45, 7) is 10.9. The van der Waals surface area contributed by atoms with Gasteiger partial charge in [0.25, 0.3) is 11.8 Å². The summed E-state index contributed by atoms with van der Waals surface area (Å²) >= 11 is 0. The number of nitrogens with zero attached hydrogens (tertiary/aromatic N) is 3. The van der Waals surface area contributed by atoms with Crippen molar-refractivity contribution < 1.29 is 68.8 Å². The number of ether oxygens (including phenoxy) is 5. The highest BCUT2D eigenvalue weighted by Crippen LogP contribution is 2.26. The van der Waals surface area contributed by atoms with Gasteiger partial charge in [-0.1, -0.05) is 24.3 Å². The first kappa shape index (κ1) is 58.1. The van der Waals surface area contributed by atoms with Gasteiger partial charge in [-0.05, 0) is 118 Å². The highest BCUT2D eigenvalue weighted by molar-refractivity contribution is 7.90. The van der Waals surface area contributed by atoms with Crippen molar-refractivity contribution >= 4 is 43.5 Å². The molecule has 0 spiro atoms. The Morgan fingerprint density at radius 3 is 1.67 bits per heavy atom. The van der Waals surface area contributed by atoms with Gasteiger partial charge < -0.3 is 42.9 Å². The van der Waals surface area contributed by atoms with Crippen LogP contribution in [0.5, 0.6) is 17.2 Å². The van der Waals surface area contributed by atoms with Gasteiger partial charge in [0.1, 0.15) is 35.4 Å². The summed E-state index contributed by atoms with van der Waals surface area (Å²) in [6, 6.07) is 28.9. The van der Waals surface area contributed by atoms with Crippen molar-refractivity contribution in [2.75, 3.05) is 96.7 Å². The van der Waals surface area contributed by atoms with Crippen molar-refractivity contribution in [2.24, 2.45) is 5.14 Å². The first-order valence-electron chi connectivity index (χ1n) is 24.3. The van der Waals surface area contributed by atoms with Crippen molar-refractivity contribution in [1.29, 1.82) is 0 Å². The molecule has 0 atom stereocenters. The lowest BCUT2D eigenvalue weighted by Gasteiger charge is -2.26. The van der Waals surface area contributed by atoms with Gasteiger partial charge in [-0.25, -0.2) is 31.5 Å². The number of amides is 2. The molecule has 2 aliphatic rings. The second-order valence-electron chi connectivity index (χ2n) is 17.5. The van der Waals surface area contributed by atoms with Crippen LogP contribution < -0.4 is 29.4 Å². The van der Waals surface area contributed by atoms with E-state index < -0.39 is 37.8 Å². The third kappa shape index (κ3) is 18.6. The molecule has 2 fully saturated rings. The van der Waals surface area contributed by atoms with Crippen molar-refractivity contribution in [1.82, 2.24) is 19.5 Å². The first-order chi connectivity index (χ1) is 36.4. The molecule has 408 valence electrons. The number of pyridine rings is 1. The second kappa shape index (κ2) is 28.1. The largest absolute Gasteiger partial charge is 0.497 e. The molecule has 0 aliphatic carbocycles. The van der Waals surface area contributed by atoms with Crippen LogP contribution in [0.15, 0.2) is 112 Å². The van der Waals surface area contributed by atoms with Gasteiger partial charge in [0, 0.05) is 49.1 Å². The number of hydrogen-bond donors (Lipinski definition) is 4. The molecular formula is C53H64N6O15S2. The number of aromatic carboxylic acids is 1. The number of morpholine rings is 2. The first-order valence-corrected chi connectivity index (χ1v) is 27.6. The van der Waals surface area contributed by atoms with E-state index in [2.05, 4.69) is 20.1 Å². The molecule has 5 N–H and O–H groups in total. The molecule has 0 radical (unpaired) electrons. The molecule has 76 heavy (non-hydrogen) atoms. The molecule has 23 heteroatoms. The monoisotopic (exact) mass is 1090 g/mol. The normalized spacial score (nSPS) is 14.0. The van der Waals surface area contributed by atoms with Gasteiger partial charge in [0.15, 0.2) is 5.76 Å².